The number of carbonyl (C=O) groups is 1. The molecule has 126 valence electrons. The lowest BCUT2D eigenvalue weighted by Gasteiger charge is -2.40. The monoisotopic (exact) mass is 326 g/mol. The average molecular weight is 326 g/mol. The van der Waals surface area contributed by atoms with Gasteiger partial charge in [-0.05, 0) is 60.1 Å². The van der Waals surface area contributed by atoms with E-state index in [0.29, 0.717) is 18.8 Å². The summed E-state index contributed by atoms with van der Waals surface area (Å²) in [5.41, 5.74) is 4.47. The second-order valence-corrected chi connectivity index (χ2v) is 8.54. The molecule has 4 rings (SSSR count). The summed E-state index contributed by atoms with van der Waals surface area (Å²) in [6, 6.07) is 6.51. The van der Waals surface area contributed by atoms with Gasteiger partial charge in [-0.1, -0.05) is 26.3 Å². The quantitative estimate of drug-likeness (QED) is 0.721. The van der Waals surface area contributed by atoms with E-state index >= 15 is 0 Å². The molecule has 2 aliphatic carbocycles. The third kappa shape index (κ3) is 2.42. The first-order chi connectivity index (χ1) is 11.3. The Morgan fingerprint density at radius 3 is 2.46 bits per heavy atom. The molecule has 0 radical (unpaired) electrons. The maximum Gasteiger partial charge on any atom is 0.159 e. The highest BCUT2D eigenvalue weighted by Crippen LogP contribution is 2.55. The van der Waals surface area contributed by atoms with Crippen molar-refractivity contribution in [3.63, 3.8) is 0 Å². The highest BCUT2D eigenvalue weighted by Gasteiger charge is 2.47. The Morgan fingerprint density at radius 1 is 1.04 bits per heavy atom. The number of benzene rings is 1. The second-order valence-electron chi connectivity index (χ2n) is 8.54. The Hall–Kier alpha value is -1.90. The molecule has 0 saturated heterocycles. The lowest BCUT2D eigenvalue weighted by Crippen LogP contribution is -2.34. The smallest absolute Gasteiger partial charge is 0.159 e. The van der Waals surface area contributed by atoms with Crippen LogP contribution in [0.4, 0.5) is 4.39 Å². The van der Waals surface area contributed by atoms with Gasteiger partial charge in [0.1, 0.15) is 11.6 Å². The molecule has 24 heavy (non-hydrogen) atoms. The molecule has 0 N–H and O–H groups in total. The van der Waals surface area contributed by atoms with Gasteiger partial charge in [0, 0.05) is 17.4 Å². The molecule has 1 aromatic carbocycles. The predicted molar refractivity (Wildman–Crippen MR) is 91.7 cm³/mol. The maximum absolute atomic E-state index is 13.2. The second kappa shape index (κ2) is 5.05. The normalized spacial score (nSPS) is 28.6. The zero-order valence-electron chi connectivity index (χ0n) is 14.5. The third-order valence-electron chi connectivity index (χ3n) is 5.70. The van der Waals surface area contributed by atoms with Crippen LogP contribution in [0, 0.1) is 16.6 Å². The van der Waals surface area contributed by atoms with Crippen molar-refractivity contribution in [2.24, 2.45) is 10.8 Å². The van der Waals surface area contributed by atoms with Crippen LogP contribution in [0.5, 0.6) is 0 Å². The number of ketones is 1. The highest BCUT2D eigenvalue weighted by atomic mass is 19.1. The predicted octanol–water partition coefficient (Wildman–Crippen LogP) is 5.05. The lowest BCUT2D eigenvalue weighted by atomic mass is 9.62. The lowest BCUT2D eigenvalue weighted by molar-refractivity contribution is -0.118. The first-order valence-corrected chi connectivity index (χ1v) is 8.64. The molecule has 3 aliphatic rings. The Kier molecular flexibility index (Phi) is 3.28. The summed E-state index contributed by atoms with van der Waals surface area (Å²) in [5.74, 6) is 0.968. The van der Waals surface area contributed by atoms with Gasteiger partial charge in [-0.15, -0.1) is 0 Å². The van der Waals surface area contributed by atoms with Crippen molar-refractivity contribution in [2.75, 3.05) is 6.61 Å². The topological polar surface area (TPSA) is 26.3 Å². The Morgan fingerprint density at radius 2 is 1.75 bits per heavy atom. The van der Waals surface area contributed by atoms with E-state index in [1.165, 1.54) is 23.3 Å². The first-order valence-electron chi connectivity index (χ1n) is 8.64. The van der Waals surface area contributed by atoms with Gasteiger partial charge in [0.15, 0.2) is 5.78 Å². The fourth-order valence-electron chi connectivity index (χ4n) is 4.47. The van der Waals surface area contributed by atoms with Crippen LogP contribution in [-0.2, 0) is 9.53 Å². The van der Waals surface area contributed by atoms with E-state index in [4.69, 9.17) is 4.74 Å². The number of rotatable bonds is 1. The number of hydrogen-bond donors (Lipinski definition) is 0. The van der Waals surface area contributed by atoms with Crippen LogP contribution in [0.15, 0.2) is 41.0 Å². The van der Waals surface area contributed by atoms with Gasteiger partial charge in [-0.25, -0.2) is 4.39 Å². The minimum Gasteiger partial charge on any atom is -0.492 e. The molecule has 1 aromatic rings. The Balaban J connectivity index is 1.78. The van der Waals surface area contributed by atoms with Crippen molar-refractivity contribution in [1.82, 2.24) is 0 Å². The molecular weight excluding hydrogens is 303 g/mol. The van der Waals surface area contributed by atoms with Crippen LogP contribution >= 0.6 is 0 Å². The van der Waals surface area contributed by atoms with Crippen molar-refractivity contribution in [2.45, 2.75) is 46.5 Å². The molecule has 3 heteroatoms. The molecule has 1 heterocycles. The zero-order chi connectivity index (χ0) is 17.1. The van der Waals surface area contributed by atoms with E-state index in [2.05, 4.69) is 20.8 Å². The number of Topliss-reactive ketones (excluding diaryl/α,β-unsaturated/α-hetero) is 1. The summed E-state index contributed by atoms with van der Waals surface area (Å²) in [5, 5.41) is 0. The van der Waals surface area contributed by atoms with Crippen LogP contribution in [0.25, 0.3) is 5.76 Å². The standard InChI is InChI=1S/C21H23FO2/c1-20(2)9-14-8-17-19(13-4-6-15(22)7-5-13)24-12-21(17,3)10-16(14)18(23)11-20/h4-7H,8-12H2,1-3H3. The van der Waals surface area contributed by atoms with Crippen LogP contribution in [0.2, 0.25) is 0 Å². The average Bonchev–Trinajstić information content (AvgIpc) is 2.82. The van der Waals surface area contributed by atoms with Gasteiger partial charge >= 0.3 is 0 Å². The van der Waals surface area contributed by atoms with Gasteiger partial charge < -0.3 is 4.74 Å². The van der Waals surface area contributed by atoms with Crippen molar-refractivity contribution >= 4 is 11.5 Å². The molecule has 2 nitrogen and oxygen atoms in total. The summed E-state index contributed by atoms with van der Waals surface area (Å²) in [4.78, 5) is 12.6. The SMILES string of the molecule is CC1(C)CC(=O)C2=C(CC3=C(c4ccc(F)cc4)OCC3(C)C2)C1. The zero-order valence-corrected chi connectivity index (χ0v) is 14.5. The van der Waals surface area contributed by atoms with Gasteiger partial charge in [0.25, 0.3) is 0 Å². The number of carbonyl (C=O) groups excluding carboxylic acids is 1. The van der Waals surface area contributed by atoms with Crippen LogP contribution in [-0.4, -0.2) is 12.4 Å². The summed E-state index contributed by atoms with van der Waals surface area (Å²) >= 11 is 0. The molecule has 1 unspecified atom stereocenters. The Bertz CT molecular complexity index is 783. The third-order valence-corrected chi connectivity index (χ3v) is 5.70. The van der Waals surface area contributed by atoms with Crippen LogP contribution < -0.4 is 0 Å². The van der Waals surface area contributed by atoms with E-state index in [9.17, 15) is 9.18 Å². The van der Waals surface area contributed by atoms with E-state index < -0.39 is 0 Å². The number of allylic oxidation sites excluding steroid dienone is 2. The number of hydrogen-bond acceptors (Lipinski definition) is 2. The van der Waals surface area contributed by atoms with Gasteiger partial charge in [-0.3, -0.25) is 4.79 Å². The molecule has 0 saturated carbocycles. The van der Waals surface area contributed by atoms with Crippen molar-refractivity contribution in [3.8, 4) is 0 Å². The van der Waals surface area contributed by atoms with Gasteiger partial charge in [0.2, 0.25) is 0 Å². The molecule has 0 aromatic heterocycles. The van der Waals surface area contributed by atoms with Crippen LogP contribution in [0.1, 0.15) is 52.0 Å². The summed E-state index contributed by atoms with van der Waals surface area (Å²) in [7, 11) is 0. The molecule has 0 bridgehead atoms. The minimum atomic E-state index is -0.238. The first kappa shape index (κ1) is 15.6. The summed E-state index contributed by atoms with van der Waals surface area (Å²) < 4.78 is 19.3. The number of fused-ring (bicyclic) bond motifs is 1. The van der Waals surface area contributed by atoms with E-state index in [1.54, 1.807) is 12.1 Å². The summed E-state index contributed by atoms with van der Waals surface area (Å²) in [6.45, 7) is 7.13. The van der Waals surface area contributed by atoms with E-state index in [1.807, 2.05) is 0 Å². The number of ether oxygens (including phenoxy) is 1. The molecular formula is C21H23FO2. The fraction of sp³-hybridized carbons (Fsp3) is 0.476. The van der Waals surface area contributed by atoms with Gasteiger partial charge in [-0.2, -0.15) is 0 Å². The molecule has 0 amide bonds. The van der Waals surface area contributed by atoms with Gasteiger partial charge in [0.05, 0.1) is 6.61 Å². The molecule has 0 fully saturated rings. The fourth-order valence-corrected chi connectivity index (χ4v) is 4.47. The summed E-state index contributed by atoms with van der Waals surface area (Å²) in [6.07, 6.45) is 3.21. The molecule has 1 atom stereocenters. The Labute approximate surface area is 142 Å². The largest absolute Gasteiger partial charge is 0.492 e. The van der Waals surface area contributed by atoms with Crippen molar-refractivity contribution < 1.29 is 13.9 Å². The van der Waals surface area contributed by atoms with Crippen LogP contribution in [0.3, 0.4) is 0 Å². The van der Waals surface area contributed by atoms with E-state index in [0.717, 1.165) is 36.2 Å². The molecule has 1 aliphatic heterocycles. The minimum absolute atomic E-state index is 0.0414. The van der Waals surface area contributed by atoms with E-state index in [-0.39, 0.29) is 16.6 Å². The van der Waals surface area contributed by atoms with Crippen molar-refractivity contribution in [3.05, 3.63) is 52.4 Å². The molecule has 0 spiro atoms. The van der Waals surface area contributed by atoms with Crippen molar-refractivity contribution in [1.29, 1.82) is 0 Å². The number of halogens is 1. The highest BCUT2D eigenvalue weighted by molar-refractivity contribution is 5.98. The maximum atomic E-state index is 13.2.